The van der Waals surface area contributed by atoms with Crippen LogP contribution < -0.4 is 16.8 Å². The minimum absolute atomic E-state index is 0.363. The van der Waals surface area contributed by atoms with Gasteiger partial charge in [0.2, 0.25) is 11.8 Å². The van der Waals surface area contributed by atoms with Crippen molar-refractivity contribution in [3.05, 3.63) is 0 Å². The molecule has 5 nitrogen and oxygen atoms in total. The molecule has 0 aromatic rings. The molecule has 2 amide bonds. The summed E-state index contributed by atoms with van der Waals surface area (Å²) < 4.78 is 0. The second-order valence-electron chi connectivity index (χ2n) is 2.31. The normalized spacial score (nSPS) is 30.8. The highest BCUT2D eigenvalue weighted by Crippen LogP contribution is 2.09. The Kier molecular flexibility index (Phi) is 1.58. The lowest BCUT2D eigenvalue weighted by molar-refractivity contribution is -0.127. The molecule has 2 unspecified atom stereocenters. The number of primary amides is 2. The summed E-state index contributed by atoms with van der Waals surface area (Å²) in [6.07, 6.45) is 0.435. The maximum Gasteiger partial charge on any atom is 0.234 e. The Labute approximate surface area is 57.7 Å². The predicted octanol–water partition coefficient (Wildman–Crippen LogP) is -2.31. The molecule has 1 fully saturated rings. The summed E-state index contributed by atoms with van der Waals surface area (Å²) in [7, 11) is 0. The van der Waals surface area contributed by atoms with Gasteiger partial charge in [0.05, 0.1) is 12.1 Å². The summed E-state index contributed by atoms with van der Waals surface area (Å²) in [6.45, 7) is 0. The third kappa shape index (κ3) is 1.08. The monoisotopic (exact) mass is 143 g/mol. The quantitative estimate of drug-likeness (QED) is 0.405. The molecule has 1 aliphatic heterocycles. The van der Waals surface area contributed by atoms with E-state index >= 15 is 0 Å². The SMILES string of the molecule is NC(=O)C1CC(C(N)=O)N1. The van der Waals surface area contributed by atoms with Gasteiger partial charge in [0.25, 0.3) is 0 Å². The molecular formula is C5H9N3O2. The Morgan fingerprint density at radius 2 is 1.50 bits per heavy atom. The highest BCUT2D eigenvalue weighted by molar-refractivity contribution is 5.87. The third-order valence-electron chi connectivity index (χ3n) is 1.56. The molecule has 0 aliphatic carbocycles. The summed E-state index contributed by atoms with van der Waals surface area (Å²) in [6, 6.07) is -0.727. The summed E-state index contributed by atoms with van der Waals surface area (Å²) in [5.41, 5.74) is 9.81. The molecule has 0 bridgehead atoms. The van der Waals surface area contributed by atoms with Crippen molar-refractivity contribution in [3.8, 4) is 0 Å². The maximum absolute atomic E-state index is 10.4. The number of hydrogen-bond acceptors (Lipinski definition) is 3. The first-order valence-corrected chi connectivity index (χ1v) is 2.96. The molecule has 0 aromatic carbocycles. The van der Waals surface area contributed by atoms with Crippen molar-refractivity contribution in [2.45, 2.75) is 18.5 Å². The molecule has 0 radical (unpaired) electrons. The summed E-state index contributed by atoms with van der Waals surface area (Å²) >= 11 is 0. The van der Waals surface area contributed by atoms with Gasteiger partial charge in [-0.2, -0.15) is 0 Å². The van der Waals surface area contributed by atoms with Crippen LogP contribution in [-0.2, 0) is 9.59 Å². The van der Waals surface area contributed by atoms with Crippen LogP contribution in [0.15, 0.2) is 0 Å². The van der Waals surface area contributed by atoms with E-state index in [4.69, 9.17) is 11.5 Å². The topological polar surface area (TPSA) is 98.2 Å². The van der Waals surface area contributed by atoms with Gasteiger partial charge in [-0.25, -0.2) is 0 Å². The van der Waals surface area contributed by atoms with Gasteiger partial charge in [-0.05, 0) is 6.42 Å². The first-order chi connectivity index (χ1) is 4.61. The van der Waals surface area contributed by atoms with Gasteiger partial charge in [0.15, 0.2) is 0 Å². The van der Waals surface area contributed by atoms with E-state index in [1.54, 1.807) is 0 Å². The number of amides is 2. The van der Waals surface area contributed by atoms with Crippen molar-refractivity contribution in [1.82, 2.24) is 5.32 Å². The summed E-state index contributed by atoms with van der Waals surface area (Å²) in [5, 5.41) is 2.63. The fourth-order valence-electron chi connectivity index (χ4n) is 0.851. The highest BCUT2D eigenvalue weighted by atomic mass is 16.2. The van der Waals surface area contributed by atoms with Crippen molar-refractivity contribution in [3.63, 3.8) is 0 Å². The van der Waals surface area contributed by atoms with Crippen molar-refractivity contribution in [2.75, 3.05) is 0 Å². The van der Waals surface area contributed by atoms with E-state index in [-0.39, 0.29) is 12.1 Å². The molecule has 1 heterocycles. The van der Waals surface area contributed by atoms with Gasteiger partial charge < -0.3 is 11.5 Å². The number of nitrogens with two attached hydrogens (primary N) is 2. The average molecular weight is 143 g/mol. The Balaban J connectivity index is 2.31. The predicted molar refractivity (Wildman–Crippen MR) is 33.7 cm³/mol. The van der Waals surface area contributed by atoms with Crippen LogP contribution in [0.3, 0.4) is 0 Å². The number of carbonyl (C=O) groups is 2. The first kappa shape index (κ1) is 7.01. The highest BCUT2D eigenvalue weighted by Gasteiger charge is 2.35. The van der Waals surface area contributed by atoms with E-state index in [9.17, 15) is 9.59 Å². The molecule has 0 spiro atoms. The van der Waals surface area contributed by atoms with Crippen LogP contribution in [0.2, 0.25) is 0 Å². The van der Waals surface area contributed by atoms with Crippen molar-refractivity contribution < 1.29 is 9.59 Å². The molecule has 0 aromatic heterocycles. The van der Waals surface area contributed by atoms with E-state index in [0.29, 0.717) is 6.42 Å². The fourth-order valence-corrected chi connectivity index (χ4v) is 0.851. The molecule has 0 saturated carbocycles. The molecule has 5 heteroatoms. The second-order valence-corrected chi connectivity index (χ2v) is 2.31. The zero-order valence-corrected chi connectivity index (χ0v) is 5.33. The van der Waals surface area contributed by atoms with Gasteiger partial charge in [0.1, 0.15) is 0 Å². The van der Waals surface area contributed by atoms with E-state index in [2.05, 4.69) is 5.32 Å². The number of hydrogen-bond donors (Lipinski definition) is 3. The molecule has 1 rings (SSSR count). The van der Waals surface area contributed by atoms with E-state index < -0.39 is 11.8 Å². The largest absolute Gasteiger partial charge is 0.368 e. The second kappa shape index (κ2) is 2.26. The minimum Gasteiger partial charge on any atom is -0.368 e. The van der Waals surface area contributed by atoms with E-state index in [1.807, 2.05) is 0 Å². The molecule has 5 N–H and O–H groups in total. The van der Waals surface area contributed by atoms with E-state index in [0.717, 1.165) is 0 Å². The Bertz CT molecular complexity index is 156. The van der Waals surface area contributed by atoms with E-state index in [1.165, 1.54) is 0 Å². The molecular weight excluding hydrogens is 134 g/mol. The lowest BCUT2D eigenvalue weighted by Gasteiger charge is -2.32. The van der Waals surface area contributed by atoms with Crippen LogP contribution in [0, 0.1) is 0 Å². The number of carbonyl (C=O) groups excluding carboxylic acids is 2. The molecule has 2 atom stereocenters. The van der Waals surface area contributed by atoms with Crippen LogP contribution in [-0.4, -0.2) is 23.9 Å². The van der Waals surface area contributed by atoms with Gasteiger partial charge in [-0.3, -0.25) is 14.9 Å². The standard InChI is InChI=1S/C5H9N3O2/c6-4(9)2-1-3(8-2)5(7)10/h2-3,8H,1H2,(H2,6,9)(H2,7,10). The third-order valence-corrected chi connectivity index (χ3v) is 1.56. The van der Waals surface area contributed by atoms with Gasteiger partial charge in [0, 0.05) is 0 Å². The van der Waals surface area contributed by atoms with Crippen LogP contribution in [0.25, 0.3) is 0 Å². The summed E-state index contributed by atoms with van der Waals surface area (Å²) in [4.78, 5) is 20.7. The Hall–Kier alpha value is -1.10. The smallest absolute Gasteiger partial charge is 0.234 e. The Morgan fingerprint density at radius 1 is 1.20 bits per heavy atom. The molecule has 56 valence electrons. The van der Waals surface area contributed by atoms with Gasteiger partial charge in [-0.15, -0.1) is 0 Å². The lowest BCUT2D eigenvalue weighted by Crippen LogP contribution is -2.63. The molecule has 1 saturated heterocycles. The fraction of sp³-hybridized carbons (Fsp3) is 0.600. The number of rotatable bonds is 2. The Morgan fingerprint density at radius 3 is 1.70 bits per heavy atom. The molecule has 1 aliphatic rings. The maximum atomic E-state index is 10.4. The van der Waals surface area contributed by atoms with Crippen molar-refractivity contribution in [1.29, 1.82) is 0 Å². The number of nitrogens with one attached hydrogen (secondary N) is 1. The minimum atomic E-state index is -0.433. The van der Waals surface area contributed by atoms with Gasteiger partial charge in [-0.1, -0.05) is 0 Å². The zero-order chi connectivity index (χ0) is 7.72. The molecule has 10 heavy (non-hydrogen) atoms. The van der Waals surface area contributed by atoms with Crippen LogP contribution in [0.4, 0.5) is 0 Å². The zero-order valence-electron chi connectivity index (χ0n) is 5.33. The van der Waals surface area contributed by atoms with Crippen molar-refractivity contribution in [2.24, 2.45) is 11.5 Å². The van der Waals surface area contributed by atoms with Gasteiger partial charge >= 0.3 is 0 Å². The lowest BCUT2D eigenvalue weighted by atomic mass is 9.96. The van der Waals surface area contributed by atoms with Crippen molar-refractivity contribution >= 4 is 11.8 Å². The summed E-state index contributed by atoms with van der Waals surface area (Å²) in [5.74, 6) is -0.866. The van der Waals surface area contributed by atoms with Crippen LogP contribution >= 0.6 is 0 Å². The van der Waals surface area contributed by atoms with Crippen LogP contribution in [0.1, 0.15) is 6.42 Å². The average Bonchev–Trinajstić information content (AvgIpc) is 1.56. The first-order valence-electron chi connectivity index (χ1n) is 2.96. The van der Waals surface area contributed by atoms with Crippen LogP contribution in [0.5, 0.6) is 0 Å².